The zero-order valence-electron chi connectivity index (χ0n) is 17.7. The Balaban J connectivity index is 1.57. The molecule has 0 spiro atoms. The van der Waals surface area contributed by atoms with Gasteiger partial charge in [-0.05, 0) is 43.2 Å². The summed E-state index contributed by atoms with van der Waals surface area (Å²) in [5.41, 5.74) is 2.99. The molecule has 3 aromatic rings. The number of aromatic nitrogens is 2. The highest BCUT2D eigenvalue weighted by atomic mass is 35.5. The summed E-state index contributed by atoms with van der Waals surface area (Å²) >= 11 is 7.50. The summed E-state index contributed by atoms with van der Waals surface area (Å²) in [6, 6.07) is 15.1. The van der Waals surface area contributed by atoms with E-state index >= 15 is 0 Å². The largest absolute Gasteiger partial charge is 0.484 e. The van der Waals surface area contributed by atoms with Gasteiger partial charge in [0.1, 0.15) is 5.75 Å². The molecule has 0 atom stereocenters. The van der Waals surface area contributed by atoms with Crippen molar-refractivity contribution in [1.29, 1.82) is 0 Å². The zero-order valence-corrected chi connectivity index (χ0v) is 19.3. The van der Waals surface area contributed by atoms with Crippen LogP contribution in [0.2, 0.25) is 0 Å². The van der Waals surface area contributed by atoms with Gasteiger partial charge in [0.15, 0.2) is 11.6 Å². The van der Waals surface area contributed by atoms with Crippen LogP contribution in [0.4, 0.5) is 0 Å². The van der Waals surface area contributed by atoms with Gasteiger partial charge in [0, 0.05) is 13.1 Å². The lowest BCUT2D eigenvalue weighted by atomic mass is 10.1. The number of benzene rings is 2. The second-order valence-corrected chi connectivity index (χ2v) is 8.27. The van der Waals surface area contributed by atoms with Crippen LogP contribution in [-0.2, 0) is 11.3 Å². The first-order valence-electron chi connectivity index (χ1n) is 9.99. The molecule has 7 nitrogen and oxygen atoms in total. The highest BCUT2D eigenvalue weighted by Crippen LogP contribution is 2.26. The summed E-state index contributed by atoms with van der Waals surface area (Å²) in [5.74, 6) is 0.106. The molecule has 1 aromatic heterocycles. The van der Waals surface area contributed by atoms with Crippen molar-refractivity contribution in [3.63, 3.8) is 0 Å². The van der Waals surface area contributed by atoms with Gasteiger partial charge in [0.2, 0.25) is 5.01 Å². The van der Waals surface area contributed by atoms with E-state index in [0.717, 1.165) is 28.0 Å². The lowest BCUT2D eigenvalue weighted by Crippen LogP contribution is -2.28. The molecule has 0 saturated heterocycles. The van der Waals surface area contributed by atoms with Gasteiger partial charge in [-0.15, -0.1) is 10.2 Å². The van der Waals surface area contributed by atoms with Crippen molar-refractivity contribution in [2.75, 3.05) is 13.2 Å². The van der Waals surface area contributed by atoms with Crippen molar-refractivity contribution < 1.29 is 14.3 Å². The summed E-state index contributed by atoms with van der Waals surface area (Å²) in [7, 11) is 0. The van der Waals surface area contributed by atoms with Gasteiger partial charge in [-0.2, -0.15) is 0 Å². The van der Waals surface area contributed by atoms with E-state index in [1.165, 1.54) is 0 Å². The number of ether oxygens (including phenoxy) is 1. The van der Waals surface area contributed by atoms with E-state index in [1.54, 1.807) is 18.2 Å². The summed E-state index contributed by atoms with van der Waals surface area (Å²) in [5, 5.41) is 14.5. The van der Waals surface area contributed by atoms with Crippen molar-refractivity contribution in [2.24, 2.45) is 0 Å². The maximum absolute atomic E-state index is 12.4. The van der Waals surface area contributed by atoms with Crippen LogP contribution in [-0.4, -0.2) is 35.2 Å². The Kier molecular flexibility index (Phi) is 8.35. The summed E-state index contributed by atoms with van der Waals surface area (Å²) in [4.78, 5) is 23.8. The fourth-order valence-corrected chi connectivity index (χ4v) is 3.59. The quantitative estimate of drug-likeness (QED) is 0.492. The number of rotatable bonds is 9. The predicted octanol–water partition coefficient (Wildman–Crippen LogP) is 4.03. The highest BCUT2D eigenvalue weighted by Gasteiger charge is 2.14. The van der Waals surface area contributed by atoms with E-state index in [0.29, 0.717) is 28.9 Å². The first-order valence-corrected chi connectivity index (χ1v) is 11.2. The van der Waals surface area contributed by atoms with Gasteiger partial charge in [0.05, 0.1) is 5.03 Å². The molecule has 9 heteroatoms. The predicted molar refractivity (Wildman–Crippen MR) is 127 cm³/mol. The molecule has 2 N–H and O–H groups in total. The first-order chi connectivity index (χ1) is 15.4. The molecule has 0 aliphatic rings. The molecule has 0 aliphatic heterocycles. The van der Waals surface area contributed by atoms with Gasteiger partial charge in [0.25, 0.3) is 11.8 Å². The number of aryl methyl sites for hydroxylation is 1. The maximum atomic E-state index is 12.4. The van der Waals surface area contributed by atoms with Crippen molar-refractivity contribution in [3.05, 3.63) is 75.2 Å². The molecule has 3 rings (SSSR count). The average molecular weight is 471 g/mol. The van der Waals surface area contributed by atoms with Crippen molar-refractivity contribution in [3.8, 4) is 5.75 Å². The van der Waals surface area contributed by atoms with Gasteiger partial charge < -0.3 is 15.4 Å². The maximum Gasteiger partial charge on any atom is 0.282 e. The third kappa shape index (κ3) is 6.90. The van der Waals surface area contributed by atoms with E-state index in [9.17, 15) is 9.59 Å². The third-order valence-corrected chi connectivity index (χ3v) is 5.67. The molecular formula is C23H23ClN4O3S. The van der Waals surface area contributed by atoms with E-state index in [-0.39, 0.29) is 23.4 Å². The van der Waals surface area contributed by atoms with Crippen LogP contribution in [0.15, 0.2) is 48.5 Å². The fourth-order valence-electron chi connectivity index (χ4n) is 2.64. The number of halogens is 1. The number of nitrogens with zero attached hydrogens (tertiary/aromatic N) is 2. The Morgan fingerprint density at radius 1 is 1.03 bits per heavy atom. The smallest absolute Gasteiger partial charge is 0.282 e. The van der Waals surface area contributed by atoms with Gasteiger partial charge >= 0.3 is 0 Å². The van der Waals surface area contributed by atoms with Gasteiger partial charge in [-0.3, -0.25) is 9.59 Å². The minimum atomic E-state index is -0.299. The second-order valence-electron chi connectivity index (χ2n) is 6.88. The molecule has 2 aromatic carbocycles. The monoisotopic (exact) mass is 470 g/mol. The SMILES string of the molecule is CCNC(=O)COc1ccc(/C=C(/Cl)c2nnc(C(=O)NCc3ccc(C)cc3)s2)cc1. The molecule has 2 amide bonds. The molecule has 32 heavy (non-hydrogen) atoms. The van der Waals surface area contributed by atoms with Gasteiger partial charge in [-0.1, -0.05) is 64.9 Å². The Labute approximate surface area is 195 Å². The van der Waals surface area contributed by atoms with Crippen LogP contribution < -0.4 is 15.4 Å². The molecular weight excluding hydrogens is 448 g/mol. The third-order valence-electron chi connectivity index (χ3n) is 4.31. The summed E-state index contributed by atoms with van der Waals surface area (Å²) in [6.07, 6.45) is 1.73. The average Bonchev–Trinajstić information content (AvgIpc) is 3.29. The topological polar surface area (TPSA) is 93.2 Å². The lowest BCUT2D eigenvalue weighted by Gasteiger charge is -2.06. The normalized spacial score (nSPS) is 11.2. The molecule has 0 fully saturated rings. The Hall–Kier alpha value is -3.23. The van der Waals surface area contributed by atoms with Crippen LogP contribution >= 0.6 is 22.9 Å². The number of carbonyl (C=O) groups excluding carboxylic acids is 2. The van der Waals surface area contributed by atoms with E-state index < -0.39 is 0 Å². The number of amides is 2. The van der Waals surface area contributed by atoms with E-state index in [1.807, 2.05) is 50.2 Å². The Morgan fingerprint density at radius 3 is 2.41 bits per heavy atom. The van der Waals surface area contributed by atoms with Crippen LogP contribution in [0.5, 0.6) is 5.75 Å². The fraction of sp³-hybridized carbons (Fsp3) is 0.217. The number of nitrogens with one attached hydrogen (secondary N) is 2. The van der Waals surface area contributed by atoms with Crippen LogP contribution in [0, 0.1) is 6.92 Å². The molecule has 0 unspecified atom stereocenters. The minimum absolute atomic E-state index is 0.0384. The van der Waals surface area contributed by atoms with Crippen molar-refractivity contribution in [1.82, 2.24) is 20.8 Å². The van der Waals surface area contributed by atoms with Crippen molar-refractivity contribution >= 4 is 45.9 Å². The second kappa shape index (κ2) is 11.4. The minimum Gasteiger partial charge on any atom is -0.484 e. The Morgan fingerprint density at radius 2 is 1.72 bits per heavy atom. The molecule has 1 heterocycles. The molecule has 0 saturated carbocycles. The Bertz CT molecular complexity index is 1100. The molecule has 0 aliphatic carbocycles. The number of likely N-dealkylation sites (N-methyl/N-ethyl adjacent to an activating group) is 1. The summed E-state index contributed by atoms with van der Waals surface area (Å²) < 4.78 is 5.42. The lowest BCUT2D eigenvalue weighted by molar-refractivity contribution is -0.122. The molecule has 0 bridgehead atoms. The molecule has 0 radical (unpaired) electrons. The van der Waals surface area contributed by atoms with Crippen LogP contribution in [0.1, 0.15) is 38.4 Å². The number of hydrogen-bond acceptors (Lipinski definition) is 6. The van der Waals surface area contributed by atoms with Crippen LogP contribution in [0.3, 0.4) is 0 Å². The van der Waals surface area contributed by atoms with E-state index in [4.69, 9.17) is 16.3 Å². The van der Waals surface area contributed by atoms with E-state index in [2.05, 4.69) is 20.8 Å². The van der Waals surface area contributed by atoms with Gasteiger partial charge in [-0.25, -0.2) is 0 Å². The number of carbonyl (C=O) groups is 2. The van der Waals surface area contributed by atoms with Crippen molar-refractivity contribution in [2.45, 2.75) is 20.4 Å². The zero-order chi connectivity index (χ0) is 22.9. The highest BCUT2D eigenvalue weighted by molar-refractivity contribution is 7.15. The molecule has 166 valence electrons. The summed E-state index contributed by atoms with van der Waals surface area (Å²) in [6.45, 7) is 4.79. The standard InChI is InChI=1S/C23H23ClN4O3S/c1-3-25-20(29)14-31-18-10-8-16(9-11-18)12-19(24)22-27-28-23(32-22)21(30)26-13-17-6-4-15(2)5-7-17/h4-12H,3,13-14H2,1-2H3,(H,25,29)(H,26,30)/b19-12+. The first kappa shape index (κ1) is 23.4. The van der Waals surface area contributed by atoms with Crippen LogP contribution in [0.25, 0.3) is 11.1 Å². The number of hydrogen-bond donors (Lipinski definition) is 2.